The number of carbonyl (C=O) groups is 2. The molecule has 3 amide bonds. The third-order valence-electron chi connectivity index (χ3n) is 3.63. The Balaban J connectivity index is 1.64. The number of thioether (sulfide) groups is 1. The third kappa shape index (κ3) is 6.31. The van der Waals surface area contributed by atoms with Crippen LogP contribution in [0, 0.1) is 11.6 Å². The number of rotatable bonds is 6. The fraction of sp³-hybridized carbons (Fsp3) is 0.412. The van der Waals surface area contributed by atoms with Gasteiger partial charge in [-0.3, -0.25) is 10.1 Å². The summed E-state index contributed by atoms with van der Waals surface area (Å²) in [4.78, 5) is 23.7. The van der Waals surface area contributed by atoms with Crippen LogP contribution >= 0.6 is 11.8 Å². The fourth-order valence-electron chi connectivity index (χ4n) is 2.39. The van der Waals surface area contributed by atoms with Gasteiger partial charge in [0.05, 0.1) is 5.75 Å². The minimum Gasteiger partial charge on any atom is -0.337 e. The van der Waals surface area contributed by atoms with E-state index in [1.165, 1.54) is 24.5 Å². The molecule has 0 radical (unpaired) electrons. The van der Waals surface area contributed by atoms with Gasteiger partial charge in [0.15, 0.2) is 11.6 Å². The minimum atomic E-state index is -0.963. The van der Waals surface area contributed by atoms with E-state index in [4.69, 9.17) is 0 Å². The molecule has 0 aromatic heterocycles. The van der Waals surface area contributed by atoms with Crippen molar-refractivity contribution in [3.63, 3.8) is 0 Å². The van der Waals surface area contributed by atoms with Gasteiger partial charge in [0.25, 0.3) is 0 Å². The van der Waals surface area contributed by atoms with Gasteiger partial charge in [-0.2, -0.15) is 0 Å². The van der Waals surface area contributed by atoms with Crippen LogP contribution in [-0.4, -0.2) is 24.2 Å². The normalized spacial score (nSPS) is 14.0. The molecule has 0 spiro atoms. The first kappa shape index (κ1) is 18.4. The zero-order chi connectivity index (χ0) is 17.4. The SMILES string of the molecule is O=C(CSc1ccc(F)c(F)c1)NC(=O)NCCC1=CCCCC1. The quantitative estimate of drug-likeness (QED) is 0.604. The van der Waals surface area contributed by atoms with Crippen molar-refractivity contribution in [3.05, 3.63) is 41.5 Å². The predicted molar refractivity (Wildman–Crippen MR) is 89.8 cm³/mol. The average Bonchev–Trinajstić information content (AvgIpc) is 2.57. The molecule has 0 saturated carbocycles. The van der Waals surface area contributed by atoms with Gasteiger partial charge in [0.1, 0.15) is 0 Å². The molecule has 2 N–H and O–H groups in total. The van der Waals surface area contributed by atoms with Crippen LogP contribution in [-0.2, 0) is 4.79 Å². The van der Waals surface area contributed by atoms with Crippen LogP contribution in [0.2, 0.25) is 0 Å². The molecule has 0 bridgehead atoms. The largest absolute Gasteiger partial charge is 0.337 e. The summed E-state index contributed by atoms with van der Waals surface area (Å²) in [6, 6.07) is 2.87. The molecule has 0 unspecified atom stereocenters. The highest BCUT2D eigenvalue weighted by molar-refractivity contribution is 8.00. The van der Waals surface area contributed by atoms with Gasteiger partial charge in [0.2, 0.25) is 5.91 Å². The van der Waals surface area contributed by atoms with Crippen molar-refractivity contribution in [2.24, 2.45) is 0 Å². The van der Waals surface area contributed by atoms with Gasteiger partial charge in [-0.1, -0.05) is 11.6 Å². The fourth-order valence-corrected chi connectivity index (χ4v) is 3.11. The minimum absolute atomic E-state index is 0.0519. The van der Waals surface area contributed by atoms with Crippen molar-refractivity contribution in [2.75, 3.05) is 12.3 Å². The van der Waals surface area contributed by atoms with E-state index in [2.05, 4.69) is 16.7 Å². The maximum atomic E-state index is 13.0. The van der Waals surface area contributed by atoms with E-state index < -0.39 is 23.6 Å². The lowest BCUT2D eigenvalue weighted by molar-refractivity contribution is -0.117. The molecular formula is C17H20F2N2O2S. The number of imide groups is 1. The molecule has 2 rings (SSSR count). The van der Waals surface area contributed by atoms with Gasteiger partial charge in [0, 0.05) is 11.4 Å². The third-order valence-corrected chi connectivity index (χ3v) is 4.62. The number of nitrogens with one attached hydrogen (secondary N) is 2. The van der Waals surface area contributed by atoms with Crippen LogP contribution in [0.5, 0.6) is 0 Å². The molecule has 7 heteroatoms. The van der Waals surface area contributed by atoms with Crippen LogP contribution in [0.4, 0.5) is 13.6 Å². The zero-order valence-corrected chi connectivity index (χ0v) is 14.1. The van der Waals surface area contributed by atoms with E-state index in [0.29, 0.717) is 11.4 Å². The summed E-state index contributed by atoms with van der Waals surface area (Å²) >= 11 is 1.03. The number of amides is 3. The smallest absolute Gasteiger partial charge is 0.321 e. The second kappa shape index (κ2) is 9.42. The second-order valence-corrected chi connectivity index (χ2v) is 6.58. The van der Waals surface area contributed by atoms with Crippen molar-refractivity contribution in [3.8, 4) is 0 Å². The van der Waals surface area contributed by atoms with E-state index in [1.807, 2.05) is 0 Å². The van der Waals surface area contributed by atoms with Crippen molar-refractivity contribution >= 4 is 23.7 Å². The predicted octanol–water partition coefficient (Wildman–Crippen LogP) is 3.77. The Kier molecular flexibility index (Phi) is 7.24. The highest BCUT2D eigenvalue weighted by atomic mass is 32.2. The van der Waals surface area contributed by atoms with Crippen LogP contribution in [0.15, 0.2) is 34.7 Å². The number of benzene rings is 1. The van der Waals surface area contributed by atoms with Crippen molar-refractivity contribution in [1.29, 1.82) is 0 Å². The summed E-state index contributed by atoms with van der Waals surface area (Å²) in [5, 5.41) is 4.86. The molecule has 1 aromatic carbocycles. The Labute approximate surface area is 144 Å². The second-order valence-electron chi connectivity index (χ2n) is 5.53. The summed E-state index contributed by atoms with van der Waals surface area (Å²) in [6.07, 6.45) is 7.60. The number of hydrogen-bond acceptors (Lipinski definition) is 3. The van der Waals surface area contributed by atoms with E-state index in [-0.39, 0.29) is 5.75 Å². The van der Waals surface area contributed by atoms with Crippen LogP contribution in [0.3, 0.4) is 0 Å². The molecule has 1 aliphatic carbocycles. The van der Waals surface area contributed by atoms with E-state index in [9.17, 15) is 18.4 Å². The molecule has 0 atom stereocenters. The number of hydrogen-bond donors (Lipinski definition) is 2. The Morgan fingerprint density at radius 2 is 2.00 bits per heavy atom. The number of allylic oxidation sites excluding steroid dienone is 1. The Bertz CT molecular complexity index is 635. The van der Waals surface area contributed by atoms with Crippen molar-refractivity contribution in [2.45, 2.75) is 37.0 Å². The molecule has 0 fully saturated rings. The van der Waals surface area contributed by atoms with Gasteiger partial charge in [-0.15, -0.1) is 11.8 Å². The van der Waals surface area contributed by atoms with Crippen LogP contribution in [0.25, 0.3) is 0 Å². The maximum Gasteiger partial charge on any atom is 0.321 e. The number of carbonyl (C=O) groups excluding carboxylic acids is 2. The monoisotopic (exact) mass is 354 g/mol. The summed E-state index contributed by atoms with van der Waals surface area (Å²) in [7, 11) is 0. The summed E-state index contributed by atoms with van der Waals surface area (Å²) in [5.74, 6) is -2.44. The first-order valence-corrected chi connectivity index (χ1v) is 8.86. The molecule has 1 aromatic rings. The molecule has 0 heterocycles. The summed E-state index contributed by atoms with van der Waals surface area (Å²) < 4.78 is 25.9. The van der Waals surface area contributed by atoms with E-state index in [1.54, 1.807) is 0 Å². The Hall–Kier alpha value is -1.89. The van der Waals surface area contributed by atoms with E-state index >= 15 is 0 Å². The topological polar surface area (TPSA) is 58.2 Å². The highest BCUT2D eigenvalue weighted by Crippen LogP contribution is 2.20. The molecule has 0 saturated heterocycles. The lowest BCUT2D eigenvalue weighted by atomic mass is 9.97. The zero-order valence-electron chi connectivity index (χ0n) is 13.2. The lowest BCUT2D eigenvalue weighted by Crippen LogP contribution is -2.40. The van der Waals surface area contributed by atoms with Crippen molar-refractivity contribution in [1.82, 2.24) is 10.6 Å². The maximum absolute atomic E-state index is 13.0. The first-order valence-electron chi connectivity index (χ1n) is 7.88. The molecule has 4 nitrogen and oxygen atoms in total. The lowest BCUT2D eigenvalue weighted by Gasteiger charge is -2.13. The summed E-state index contributed by atoms with van der Waals surface area (Å²) in [5.41, 5.74) is 1.35. The van der Waals surface area contributed by atoms with Crippen LogP contribution in [0.1, 0.15) is 32.1 Å². The molecule has 24 heavy (non-hydrogen) atoms. The molecular weight excluding hydrogens is 334 g/mol. The first-order chi connectivity index (χ1) is 11.5. The van der Waals surface area contributed by atoms with Gasteiger partial charge >= 0.3 is 6.03 Å². The van der Waals surface area contributed by atoms with Crippen molar-refractivity contribution < 1.29 is 18.4 Å². The Morgan fingerprint density at radius 3 is 2.71 bits per heavy atom. The molecule has 130 valence electrons. The van der Waals surface area contributed by atoms with Gasteiger partial charge in [-0.05, 0) is 50.3 Å². The molecule has 1 aliphatic rings. The van der Waals surface area contributed by atoms with Gasteiger partial charge < -0.3 is 5.32 Å². The standard InChI is InChI=1S/C17H20F2N2O2S/c18-14-7-6-13(10-15(14)19)24-11-16(22)21-17(23)20-9-8-12-4-2-1-3-5-12/h4,6-7,10H,1-3,5,8-9,11H2,(H2,20,21,22,23). The molecule has 0 aliphatic heterocycles. The average molecular weight is 354 g/mol. The Morgan fingerprint density at radius 1 is 1.17 bits per heavy atom. The summed E-state index contributed by atoms with van der Waals surface area (Å²) in [6.45, 7) is 0.487. The number of urea groups is 1. The van der Waals surface area contributed by atoms with Gasteiger partial charge in [-0.25, -0.2) is 13.6 Å². The highest BCUT2D eigenvalue weighted by Gasteiger charge is 2.10. The number of halogens is 2. The van der Waals surface area contributed by atoms with E-state index in [0.717, 1.165) is 43.2 Å². The van der Waals surface area contributed by atoms with Crippen LogP contribution < -0.4 is 10.6 Å².